The van der Waals surface area contributed by atoms with Gasteiger partial charge in [-0.05, 0) is 97.3 Å². The maximum atomic E-state index is 14.2. The van der Waals surface area contributed by atoms with E-state index in [-0.39, 0.29) is 42.8 Å². The van der Waals surface area contributed by atoms with Crippen molar-refractivity contribution in [2.45, 2.75) is 32.2 Å². The molecule has 3 aliphatic heterocycles. The number of likely N-dealkylation sites (N-methyl/N-ethyl adjacent to an activating group) is 1. The molecular formula is C33H36F2N4O2. The van der Waals surface area contributed by atoms with Crippen LogP contribution < -0.4 is 10.2 Å². The Bertz CT molecular complexity index is 1740. The second-order valence-corrected chi connectivity index (χ2v) is 10.7. The first-order valence-corrected chi connectivity index (χ1v) is 13.7. The van der Waals surface area contributed by atoms with Crippen LogP contribution in [-0.4, -0.2) is 63.0 Å². The first-order valence-electron chi connectivity index (χ1n) is 17.2. The van der Waals surface area contributed by atoms with Crippen LogP contribution in [0.1, 0.15) is 60.6 Å². The van der Waals surface area contributed by atoms with Crippen LogP contribution in [0.25, 0.3) is 0 Å². The van der Waals surface area contributed by atoms with E-state index in [2.05, 4.69) is 27.2 Å². The molecule has 8 heteroatoms. The summed E-state index contributed by atoms with van der Waals surface area (Å²) in [5.74, 6) is -3.06. The number of nitrogens with zero attached hydrogens (tertiary/aromatic N) is 3. The van der Waals surface area contributed by atoms with Crippen LogP contribution in [-0.2, 0) is 24.1 Å². The molecule has 1 N–H and O–H groups in total. The van der Waals surface area contributed by atoms with Gasteiger partial charge in [0.1, 0.15) is 17.5 Å². The van der Waals surface area contributed by atoms with Gasteiger partial charge in [-0.2, -0.15) is 0 Å². The minimum atomic E-state index is -2.33. The van der Waals surface area contributed by atoms with E-state index in [0.717, 1.165) is 49.6 Å². The molecule has 0 radical (unpaired) electrons. The predicted molar refractivity (Wildman–Crippen MR) is 157 cm³/mol. The highest BCUT2D eigenvalue weighted by Gasteiger charge is 2.24. The lowest BCUT2D eigenvalue weighted by Gasteiger charge is -2.34. The molecule has 0 spiro atoms. The average molecular weight is 566 g/mol. The number of hydrogen-bond donors (Lipinski definition) is 1. The van der Waals surface area contributed by atoms with E-state index in [1.165, 1.54) is 12.1 Å². The van der Waals surface area contributed by atoms with Crippen LogP contribution in [0.3, 0.4) is 0 Å². The molecule has 3 aromatic rings. The normalized spacial score (nSPS) is 23.1. The largest absolute Gasteiger partial charge is 0.381 e. The maximum absolute atomic E-state index is 14.2. The SMILES string of the molecule is [2H]c1c(F)cc(C([2H])([2H])c2ccc3c(c2)C(NC(=O)c2ccc(N4CCN(C)CC4)cc2CC2CC([2H])([2H])OC([2H])([2H])C2)=NC3)cc1F. The smallest absolute Gasteiger partial charge is 0.257 e. The molecule has 0 aromatic heterocycles. The van der Waals surface area contributed by atoms with Crippen molar-refractivity contribution in [2.24, 2.45) is 10.9 Å². The first kappa shape index (κ1) is 20.3. The van der Waals surface area contributed by atoms with Crippen molar-refractivity contribution < 1.29 is 27.9 Å². The first-order chi connectivity index (χ1) is 22.5. The molecular weight excluding hydrogens is 522 g/mol. The van der Waals surface area contributed by atoms with Crippen molar-refractivity contribution >= 4 is 17.4 Å². The van der Waals surface area contributed by atoms with Gasteiger partial charge in [0.25, 0.3) is 5.91 Å². The van der Waals surface area contributed by atoms with Gasteiger partial charge in [-0.15, -0.1) is 0 Å². The van der Waals surface area contributed by atoms with Crippen molar-refractivity contribution in [3.63, 3.8) is 0 Å². The fourth-order valence-electron chi connectivity index (χ4n) is 5.41. The zero-order valence-corrected chi connectivity index (χ0v) is 22.8. The van der Waals surface area contributed by atoms with Crippen molar-refractivity contribution in [2.75, 3.05) is 51.2 Å². The van der Waals surface area contributed by atoms with E-state index in [9.17, 15) is 13.6 Å². The molecule has 0 atom stereocenters. The second-order valence-electron chi connectivity index (χ2n) is 10.7. The average Bonchev–Trinajstić information content (AvgIpc) is 3.40. The number of amidine groups is 1. The highest BCUT2D eigenvalue weighted by Crippen LogP contribution is 2.28. The number of carbonyl (C=O) groups is 1. The summed E-state index contributed by atoms with van der Waals surface area (Å²) in [7, 11) is 2.06. The number of hydrogen-bond acceptors (Lipinski definition) is 5. The lowest BCUT2D eigenvalue weighted by atomic mass is 9.89. The molecule has 0 bridgehead atoms. The van der Waals surface area contributed by atoms with Crippen LogP contribution in [0, 0.1) is 17.6 Å². The Morgan fingerprint density at radius 3 is 2.59 bits per heavy atom. The van der Waals surface area contributed by atoms with Gasteiger partial charge < -0.3 is 19.9 Å². The summed E-state index contributed by atoms with van der Waals surface area (Å²) < 4.78 is 90.6. The number of benzene rings is 3. The minimum Gasteiger partial charge on any atom is -0.381 e. The summed E-state index contributed by atoms with van der Waals surface area (Å²) in [4.78, 5) is 22.8. The molecule has 6 nitrogen and oxygen atoms in total. The van der Waals surface area contributed by atoms with E-state index in [1.807, 2.05) is 12.1 Å². The fourth-order valence-corrected chi connectivity index (χ4v) is 5.41. The summed E-state index contributed by atoms with van der Waals surface area (Å²) in [5.41, 5.74) is 2.85. The number of piperazine rings is 1. The standard InChI is InChI=1S/C33H36F2N4O2/c1-38-8-10-39(11-9-38)29-4-5-30(26(19-29)15-22-6-12-41-13-7-22)33(40)37-32-31-18-23(2-3-25(31)21-36-32)14-24-16-27(34)20-28(35)17-24/h2-5,16-20,22H,6-15,21H2,1H3,(H,36,37,40)/i12D2,13D2,14D2,20D. The Kier molecular flexibility index (Phi) is 5.98. The van der Waals surface area contributed by atoms with Gasteiger partial charge in [-0.1, -0.05) is 12.1 Å². The monoisotopic (exact) mass is 565 g/mol. The predicted octanol–water partition coefficient (Wildman–Crippen LogP) is 4.97. The van der Waals surface area contributed by atoms with Crippen LogP contribution in [0.15, 0.2) is 59.6 Å². The third-order valence-corrected chi connectivity index (χ3v) is 7.70. The zero-order valence-electron chi connectivity index (χ0n) is 29.8. The third-order valence-electron chi connectivity index (χ3n) is 7.70. The second kappa shape index (κ2) is 12.1. The van der Waals surface area contributed by atoms with Crippen LogP contribution in [0.2, 0.25) is 0 Å². The molecule has 3 aromatic carbocycles. The Labute approximate surface area is 249 Å². The number of carbonyl (C=O) groups excluding carboxylic acids is 1. The summed E-state index contributed by atoms with van der Waals surface area (Å²) in [6.45, 7) is -0.760. The highest BCUT2D eigenvalue weighted by atomic mass is 19.1. The van der Waals surface area contributed by atoms with Crippen LogP contribution in [0.4, 0.5) is 14.5 Å². The van der Waals surface area contributed by atoms with Gasteiger partial charge in [-0.3, -0.25) is 9.79 Å². The number of fused-ring (bicyclic) bond motifs is 1. The summed E-state index contributed by atoms with van der Waals surface area (Å²) in [6.07, 6.45) is -2.15. The van der Waals surface area contributed by atoms with Gasteiger partial charge in [0.15, 0.2) is 0 Å². The molecule has 0 saturated carbocycles. The highest BCUT2D eigenvalue weighted by molar-refractivity contribution is 6.14. The number of amides is 1. The molecule has 0 unspecified atom stereocenters. The van der Waals surface area contributed by atoms with Gasteiger partial charge in [-0.25, -0.2) is 8.78 Å². The topological polar surface area (TPSA) is 57.2 Å². The van der Waals surface area contributed by atoms with Gasteiger partial charge in [0, 0.05) is 64.9 Å². The molecule has 41 heavy (non-hydrogen) atoms. The molecule has 6 rings (SSSR count). The third kappa shape index (κ3) is 6.49. The molecule has 2 fully saturated rings. The van der Waals surface area contributed by atoms with Crippen LogP contribution >= 0.6 is 0 Å². The van der Waals surface area contributed by atoms with Gasteiger partial charge >= 0.3 is 0 Å². The molecule has 3 aliphatic rings. The summed E-state index contributed by atoms with van der Waals surface area (Å²) in [5, 5.41) is 2.86. The van der Waals surface area contributed by atoms with Crippen molar-refractivity contribution in [1.29, 1.82) is 0 Å². The Hall–Kier alpha value is -3.62. The quantitative estimate of drug-likeness (QED) is 0.459. The Balaban J connectivity index is 1.28. The van der Waals surface area contributed by atoms with E-state index in [4.69, 9.17) is 14.3 Å². The van der Waals surface area contributed by atoms with E-state index < -0.39 is 49.0 Å². The Morgan fingerprint density at radius 1 is 1.07 bits per heavy atom. The van der Waals surface area contributed by atoms with Gasteiger partial charge in [0.2, 0.25) is 0 Å². The number of anilines is 1. The summed E-state index contributed by atoms with van der Waals surface area (Å²) in [6, 6.07) is 10.8. The zero-order chi connectivity index (χ0) is 34.6. The molecule has 0 aliphatic carbocycles. The number of nitrogens with one attached hydrogen (secondary N) is 1. The number of aliphatic imine (C=N–C) groups is 1. The lowest BCUT2D eigenvalue weighted by molar-refractivity contribution is 0.0664. The van der Waals surface area contributed by atoms with E-state index in [1.54, 1.807) is 12.1 Å². The number of rotatable bonds is 6. The fraction of sp³-hybridized carbons (Fsp3) is 0.394. The maximum Gasteiger partial charge on any atom is 0.257 e. The van der Waals surface area contributed by atoms with Crippen molar-refractivity contribution in [3.8, 4) is 0 Å². The van der Waals surface area contributed by atoms with E-state index >= 15 is 0 Å². The van der Waals surface area contributed by atoms with Gasteiger partial charge in [0.05, 0.1) is 13.4 Å². The summed E-state index contributed by atoms with van der Waals surface area (Å²) >= 11 is 0. The minimum absolute atomic E-state index is 0.0323. The molecule has 3 heterocycles. The molecule has 214 valence electrons. The van der Waals surface area contributed by atoms with Crippen LogP contribution in [0.5, 0.6) is 0 Å². The Morgan fingerprint density at radius 2 is 1.83 bits per heavy atom. The molecule has 1 amide bonds. The lowest BCUT2D eigenvalue weighted by Crippen LogP contribution is -2.44. The van der Waals surface area contributed by atoms with Crippen molar-refractivity contribution in [3.05, 3.63) is 99.6 Å². The number of halogens is 2. The molecule has 2 saturated heterocycles. The van der Waals surface area contributed by atoms with E-state index in [0.29, 0.717) is 16.7 Å². The van der Waals surface area contributed by atoms with Crippen molar-refractivity contribution in [1.82, 2.24) is 10.2 Å². The number of ether oxygens (including phenoxy) is 1.